The zero-order chi connectivity index (χ0) is 24.4. The van der Waals surface area contributed by atoms with E-state index in [0.717, 1.165) is 28.7 Å². The van der Waals surface area contributed by atoms with Crippen molar-refractivity contribution < 1.29 is 13.2 Å². The molecule has 0 saturated carbocycles. The Morgan fingerprint density at radius 2 is 1.77 bits per heavy atom. The van der Waals surface area contributed by atoms with Crippen molar-refractivity contribution in [1.29, 1.82) is 0 Å². The average Bonchev–Trinajstić information content (AvgIpc) is 3.27. The van der Waals surface area contributed by atoms with E-state index in [-0.39, 0.29) is 5.95 Å². The van der Waals surface area contributed by atoms with Gasteiger partial charge >= 0.3 is 6.18 Å². The van der Waals surface area contributed by atoms with Gasteiger partial charge in [-0.1, -0.05) is 24.3 Å². The normalized spacial score (nSPS) is 11.6. The molecule has 3 N–H and O–H groups in total. The van der Waals surface area contributed by atoms with E-state index in [1.807, 2.05) is 22.8 Å². The number of nitrogens with two attached hydrogens (primary N) is 1. The van der Waals surface area contributed by atoms with E-state index >= 15 is 0 Å². The SMILES string of the molecule is Nc1nccc(-c2ccc3c(c2)ncn3-c2ccnc(NCCc3cccc(C(F)(F)F)c3)n2)n1. The molecule has 0 aliphatic carbocycles. The number of anilines is 2. The summed E-state index contributed by atoms with van der Waals surface area (Å²) in [5.74, 6) is 1.16. The molecule has 3 aromatic heterocycles. The Kier molecular flexibility index (Phi) is 5.73. The van der Waals surface area contributed by atoms with Gasteiger partial charge in [-0.2, -0.15) is 18.2 Å². The van der Waals surface area contributed by atoms with Crippen molar-refractivity contribution in [2.45, 2.75) is 12.6 Å². The number of rotatable bonds is 6. The third-order valence-corrected chi connectivity index (χ3v) is 5.36. The summed E-state index contributed by atoms with van der Waals surface area (Å²) in [6.07, 6.45) is 0.901. The van der Waals surface area contributed by atoms with Gasteiger partial charge in [-0.3, -0.25) is 4.57 Å². The van der Waals surface area contributed by atoms with E-state index in [0.29, 0.717) is 36.0 Å². The van der Waals surface area contributed by atoms with E-state index in [9.17, 15) is 13.2 Å². The van der Waals surface area contributed by atoms with Gasteiger partial charge in [-0.05, 0) is 42.3 Å². The predicted octanol–water partition coefficient (Wildman–Crippen LogP) is 4.53. The Hall–Kier alpha value is -4.54. The van der Waals surface area contributed by atoms with Crippen LogP contribution in [0.25, 0.3) is 28.1 Å². The zero-order valence-electron chi connectivity index (χ0n) is 18.2. The summed E-state index contributed by atoms with van der Waals surface area (Å²) < 4.78 is 40.6. The van der Waals surface area contributed by atoms with E-state index in [1.165, 1.54) is 6.07 Å². The van der Waals surface area contributed by atoms with Crippen LogP contribution in [0.1, 0.15) is 11.1 Å². The molecule has 0 aliphatic rings. The Labute approximate surface area is 197 Å². The molecule has 0 radical (unpaired) electrons. The molecule has 0 bridgehead atoms. The molecule has 0 saturated heterocycles. The van der Waals surface area contributed by atoms with Crippen LogP contribution < -0.4 is 11.1 Å². The number of fused-ring (bicyclic) bond motifs is 1. The van der Waals surface area contributed by atoms with E-state index in [1.54, 1.807) is 36.9 Å². The molecule has 0 unspecified atom stereocenters. The lowest BCUT2D eigenvalue weighted by Gasteiger charge is -2.10. The Balaban J connectivity index is 1.32. The van der Waals surface area contributed by atoms with Gasteiger partial charge in [0.15, 0.2) is 0 Å². The van der Waals surface area contributed by atoms with Crippen molar-refractivity contribution in [1.82, 2.24) is 29.5 Å². The molecule has 3 heterocycles. The number of imidazole rings is 1. The summed E-state index contributed by atoms with van der Waals surface area (Å²) in [6.45, 7) is 0.376. The molecule has 0 spiro atoms. The first-order valence-corrected chi connectivity index (χ1v) is 10.7. The summed E-state index contributed by atoms with van der Waals surface area (Å²) in [4.78, 5) is 21.4. The number of benzene rings is 2. The summed E-state index contributed by atoms with van der Waals surface area (Å²) >= 11 is 0. The van der Waals surface area contributed by atoms with Crippen molar-refractivity contribution >= 4 is 22.9 Å². The lowest BCUT2D eigenvalue weighted by Crippen LogP contribution is -2.10. The van der Waals surface area contributed by atoms with Crippen molar-refractivity contribution in [3.05, 3.63) is 84.4 Å². The minimum absolute atomic E-state index is 0.196. The minimum atomic E-state index is -4.36. The van der Waals surface area contributed by atoms with Gasteiger partial charge in [0, 0.05) is 24.5 Å². The Morgan fingerprint density at radius 3 is 2.60 bits per heavy atom. The first kappa shape index (κ1) is 22.3. The van der Waals surface area contributed by atoms with Gasteiger partial charge < -0.3 is 11.1 Å². The fourth-order valence-corrected chi connectivity index (χ4v) is 3.68. The molecule has 0 aliphatic heterocycles. The molecule has 35 heavy (non-hydrogen) atoms. The average molecular weight is 476 g/mol. The van der Waals surface area contributed by atoms with Gasteiger partial charge in [0.05, 0.1) is 22.3 Å². The van der Waals surface area contributed by atoms with Crippen LogP contribution in [0.2, 0.25) is 0 Å². The van der Waals surface area contributed by atoms with Crippen molar-refractivity contribution in [3.63, 3.8) is 0 Å². The number of nitrogens with one attached hydrogen (secondary N) is 1. The quantitative estimate of drug-likeness (QED) is 0.371. The molecule has 11 heteroatoms. The Morgan fingerprint density at radius 1 is 0.914 bits per heavy atom. The van der Waals surface area contributed by atoms with Crippen molar-refractivity contribution in [2.24, 2.45) is 0 Å². The number of hydrogen-bond acceptors (Lipinski definition) is 7. The number of nitrogens with zero attached hydrogens (tertiary/aromatic N) is 6. The van der Waals surface area contributed by atoms with Gasteiger partial charge in [0.2, 0.25) is 11.9 Å². The van der Waals surface area contributed by atoms with Crippen LogP contribution in [0.4, 0.5) is 25.1 Å². The largest absolute Gasteiger partial charge is 0.416 e. The molecule has 0 amide bonds. The fraction of sp³-hybridized carbons (Fsp3) is 0.125. The smallest absolute Gasteiger partial charge is 0.368 e. The number of halogens is 3. The molecule has 0 fully saturated rings. The number of alkyl halides is 3. The third-order valence-electron chi connectivity index (χ3n) is 5.36. The highest BCUT2D eigenvalue weighted by Gasteiger charge is 2.30. The highest BCUT2D eigenvalue weighted by atomic mass is 19.4. The number of aromatic nitrogens is 6. The van der Waals surface area contributed by atoms with Crippen LogP contribution in [0.3, 0.4) is 0 Å². The van der Waals surface area contributed by atoms with Crippen LogP contribution in [0.5, 0.6) is 0 Å². The number of hydrogen-bond donors (Lipinski definition) is 2. The first-order chi connectivity index (χ1) is 16.9. The lowest BCUT2D eigenvalue weighted by atomic mass is 10.1. The van der Waals surface area contributed by atoms with Gasteiger partial charge in [0.1, 0.15) is 12.1 Å². The predicted molar refractivity (Wildman–Crippen MR) is 126 cm³/mol. The molecular weight excluding hydrogens is 457 g/mol. The maximum Gasteiger partial charge on any atom is 0.416 e. The maximum atomic E-state index is 12.9. The molecule has 0 atom stereocenters. The van der Waals surface area contributed by atoms with E-state index < -0.39 is 11.7 Å². The second kappa shape index (κ2) is 9.01. The van der Waals surface area contributed by atoms with Crippen LogP contribution in [-0.4, -0.2) is 36.0 Å². The minimum Gasteiger partial charge on any atom is -0.368 e. The number of nitrogen functional groups attached to an aromatic ring is 1. The van der Waals surface area contributed by atoms with E-state index in [4.69, 9.17) is 5.73 Å². The second-order valence-corrected chi connectivity index (χ2v) is 7.73. The van der Waals surface area contributed by atoms with Crippen LogP contribution >= 0.6 is 0 Å². The summed E-state index contributed by atoms with van der Waals surface area (Å²) in [6, 6.07) is 14.5. The first-order valence-electron chi connectivity index (χ1n) is 10.7. The zero-order valence-corrected chi connectivity index (χ0v) is 18.2. The summed E-state index contributed by atoms with van der Waals surface area (Å²) in [5.41, 5.74) is 8.74. The monoisotopic (exact) mass is 476 g/mol. The molecule has 5 aromatic rings. The maximum absolute atomic E-state index is 12.9. The molecule has 5 rings (SSSR count). The lowest BCUT2D eigenvalue weighted by molar-refractivity contribution is -0.137. The third kappa shape index (κ3) is 4.88. The summed E-state index contributed by atoms with van der Waals surface area (Å²) in [5, 5.41) is 3.07. The van der Waals surface area contributed by atoms with Gasteiger partial charge in [-0.25, -0.2) is 19.9 Å². The van der Waals surface area contributed by atoms with Gasteiger partial charge in [0.25, 0.3) is 0 Å². The van der Waals surface area contributed by atoms with Crippen LogP contribution in [0.15, 0.2) is 73.3 Å². The summed E-state index contributed by atoms with van der Waals surface area (Å²) in [7, 11) is 0. The van der Waals surface area contributed by atoms with Crippen molar-refractivity contribution in [2.75, 3.05) is 17.6 Å². The highest BCUT2D eigenvalue weighted by molar-refractivity contribution is 5.82. The second-order valence-electron chi connectivity index (χ2n) is 7.73. The van der Waals surface area contributed by atoms with Crippen molar-refractivity contribution in [3.8, 4) is 17.1 Å². The van der Waals surface area contributed by atoms with E-state index in [2.05, 4.69) is 30.2 Å². The highest BCUT2D eigenvalue weighted by Crippen LogP contribution is 2.29. The van der Waals surface area contributed by atoms with Crippen LogP contribution in [0, 0.1) is 0 Å². The fourth-order valence-electron chi connectivity index (χ4n) is 3.68. The molecular formula is C24H19F3N8. The van der Waals surface area contributed by atoms with Gasteiger partial charge in [-0.15, -0.1) is 0 Å². The topological polar surface area (TPSA) is 107 Å². The van der Waals surface area contributed by atoms with Crippen LogP contribution in [-0.2, 0) is 12.6 Å². The Bertz CT molecular complexity index is 1500. The standard InChI is InChI=1S/C24H19F3N8/c25-24(26,27)17-3-1-2-15(12-17)6-9-30-23-31-11-8-21(34-23)35-14-32-19-13-16(4-5-20(19)35)18-7-10-29-22(28)33-18/h1-5,7-8,10-14H,6,9H2,(H2,28,29,33)(H,30,31,34). The molecule has 2 aromatic carbocycles. The molecule has 8 nitrogen and oxygen atoms in total. The molecule has 176 valence electrons.